The van der Waals surface area contributed by atoms with E-state index in [0.717, 1.165) is 0 Å². The Morgan fingerprint density at radius 2 is 0.935 bits per heavy atom. The molecule has 2 aromatic rings. The molecular formula is C41H56N8O13. The number of nitrogens with one attached hydrogen (secondary N) is 7. The van der Waals surface area contributed by atoms with E-state index >= 15 is 0 Å². The summed E-state index contributed by atoms with van der Waals surface area (Å²) in [7, 11) is 0. The Morgan fingerprint density at radius 1 is 0.500 bits per heavy atom. The van der Waals surface area contributed by atoms with Crippen LogP contribution in [0.5, 0.6) is 0 Å². The lowest BCUT2D eigenvalue weighted by molar-refractivity contribution is -0.142. The zero-order chi connectivity index (χ0) is 46.5. The highest BCUT2D eigenvalue weighted by atomic mass is 16.4. The second-order valence-corrected chi connectivity index (χ2v) is 15.0. The Balaban J connectivity index is 2.47. The minimum absolute atomic E-state index is 0.0924. The van der Waals surface area contributed by atoms with Crippen LogP contribution in [0.15, 0.2) is 60.7 Å². The molecule has 0 aliphatic rings. The van der Waals surface area contributed by atoms with Crippen LogP contribution < -0.4 is 43.0 Å². The Labute approximate surface area is 357 Å². The third kappa shape index (κ3) is 19.0. The molecule has 21 nitrogen and oxygen atoms in total. The van der Waals surface area contributed by atoms with Crippen molar-refractivity contribution in [1.29, 1.82) is 0 Å². The Morgan fingerprint density at radius 3 is 1.37 bits per heavy atom. The summed E-state index contributed by atoms with van der Waals surface area (Å²) in [6, 6.07) is 6.74. The number of hydrogen-bond donors (Lipinski definition) is 11. The minimum atomic E-state index is -1.77. The first-order valence-electron chi connectivity index (χ1n) is 19.7. The van der Waals surface area contributed by atoms with Crippen LogP contribution in [0.1, 0.15) is 64.5 Å². The molecule has 0 heterocycles. The molecule has 62 heavy (non-hydrogen) atoms. The molecule has 0 bridgehead atoms. The molecule has 0 aromatic heterocycles. The number of carboxylic acid groups (broad SMARTS) is 3. The van der Waals surface area contributed by atoms with Crippen molar-refractivity contribution in [3.05, 3.63) is 71.8 Å². The molecule has 0 aliphatic heterocycles. The Kier molecular flexibility index (Phi) is 21.2. The number of amides is 7. The lowest BCUT2D eigenvalue weighted by Gasteiger charge is -2.27. The van der Waals surface area contributed by atoms with Gasteiger partial charge < -0.3 is 58.3 Å². The second-order valence-electron chi connectivity index (χ2n) is 15.0. The fourth-order valence-electron chi connectivity index (χ4n) is 5.82. The number of carbonyl (C=O) groups is 10. The lowest BCUT2D eigenvalue weighted by atomic mass is 10.0. The van der Waals surface area contributed by atoms with Crippen LogP contribution in [0.2, 0.25) is 0 Å². The van der Waals surface area contributed by atoms with Gasteiger partial charge in [-0.25, -0.2) is 0 Å². The first-order valence-corrected chi connectivity index (χ1v) is 19.7. The molecule has 0 fully saturated rings. The third-order valence-corrected chi connectivity index (χ3v) is 9.04. The van der Waals surface area contributed by atoms with Gasteiger partial charge in [-0.05, 0) is 43.7 Å². The van der Waals surface area contributed by atoms with Gasteiger partial charge in [-0.3, -0.25) is 47.9 Å². The summed E-state index contributed by atoms with van der Waals surface area (Å²) >= 11 is 0. The van der Waals surface area contributed by atoms with Crippen molar-refractivity contribution in [3.63, 3.8) is 0 Å². The maximum atomic E-state index is 14.1. The standard InChI is InChI=1S/C41H56N8O13/c1-22(2)17-28(37(58)43-21-34(54)55)47-40(61)30(19-26-13-9-6-10-14-26)48-38(59)27(15-16-32(50)51)45-39(60)29(18-25-11-7-5-8-12-25)49-41(62)31(20-33(52)53)46-36(57)24(4)44-35(56)23(3)42/h5-14,22-24,27-31H,15-21,42H2,1-4H3,(H,43,58)(H,44,56)(H,45,60)(H,46,57)(H,47,61)(H,48,59)(H,49,62)(H,50,51)(H,52,53)(H,54,55)/t23-,24-,27-,28-,29-,30-,31-/m0/s1. The smallest absolute Gasteiger partial charge is 0.322 e. The van der Waals surface area contributed by atoms with Gasteiger partial charge in [0.1, 0.15) is 42.8 Å². The molecule has 12 N–H and O–H groups in total. The van der Waals surface area contributed by atoms with Crippen LogP contribution in [0.25, 0.3) is 0 Å². The van der Waals surface area contributed by atoms with E-state index < -0.39 is 127 Å². The molecule has 0 saturated heterocycles. The van der Waals surface area contributed by atoms with E-state index in [0.29, 0.717) is 11.1 Å². The van der Waals surface area contributed by atoms with Crippen molar-refractivity contribution in [2.24, 2.45) is 11.7 Å². The van der Waals surface area contributed by atoms with Gasteiger partial charge in [-0.2, -0.15) is 0 Å². The third-order valence-electron chi connectivity index (χ3n) is 9.04. The van der Waals surface area contributed by atoms with E-state index in [4.69, 9.17) is 10.8 Å². The van der Waals surface area contributed by atoms with Gasteiger partial charge in [0.15, 0.2) is 0 Å². The van der Waals surface area contributed by atoms with Crippen LogP contribution >= 0.6 is 0 Å². The van der Waals surface area contributed by atoms with Gasteiger partial charge in [-0.1, -0.05) is 74.5 Å². The Bertz CT molecular complexity index is 1900. The quantitative estimate of drug-likeness (QED) is 0.0504. The van der Waals surface area contributed by atoms with Crippen LogP contribution in [-0.4, -0.2) is 123 Å². The van der Waals surface area contributed by atoms with Gasteiger partial charge in [0.05, 0.1) is 12.5 Å². The summed E-state index contributed by atoms with van der Waals surface area (Å²) in [6.07, 6.45) is -2.38. The van der Waals surface area contributed by atoms with Gasteiger partial charge >= 0.3 is 17.9 Å². The summed E-state index contributed by atoms with van der Waals surface area (Å²) in [4.78, 5) is 128. The highest BCUT2D eigenvalue weighted by Gasteiger charge is 2.34. The highest BCUT2D eigenvalue weighted by molar-refractivity contribution is 5.98. The molecule has 2 aromatic carbocycles. The molecule has 0 saturated carbocycles. The molecule has 7 amide bonds. The number of hydrogen-bond acceptors (Lipinski definition) is 11. The van der Waals surface area contributed by atoms with Crippen LogP contribution in [0.3, 0.4) is 0 Å². The first-order chi connectivity index (χ1) is 29.2. The summed E-state index contributed by atoms with van der Waals surface area (Å²) in [5.74, 6) is -10.8. The molecule has 0 unspecified atom stereocenters. The number of nitrogens with two attached hydrogens (primary N) is 1. The molecule has 338 valence electrons. The Hall–Kier alpha value is -6.90. The molecule has 0 aliphatic carbocycles. The maximum absolute atomic E-state index is 14.1. The van der Waals surface area contributed by atoms with Crippen molar-refractivity contribution < 1.29 is 63.3 Å². The number of aliphatic carboxylic acids is 3. The molecule has 0 radical (unpaired) electrons. The SMILES string of the molecule is CC(C)C[C@H](NC(=O)[C@H](Cc1ccccc1)NC(=O)[C@H](CCC(=O)O)NC(=O)[C@H](Cc1ccccc1)NC(=O)[C@H](CC(=O)O)NC(=O)[C@H](C)NC(=O)[C@H](C)N)C(=O)NCC(=O)O. The van der Waals surface area contributed by atoms with E-state index in [1.165, 1.54) is 13.8 Å². The van der Waals surface area contributed by atoms with Crippen molar-refractivity contribution in [1.82, 2.24) is 37.2 Å². The minimum Gasteiger partial charge on any atom is -0.481 e. The summed E-state index contributed by atoms with van der Waals surface area (Å²) in [5, 5.41) is 44.9. The van der Waals surface area contributed by atoms with Crippen molar-refractivity contribution in [2.45, 2.75) is 109 Å². The number of benzene rings is 2. The van der Waals surface area contributed by atoms with Crippen LogP contribution in [0.4, 0.5) is 0 Å². The van der Waals surface area contributed by atoms with Gasteiger partial charge in [0, 0.05) is 19.3 Å². The zero-order valence-corrected chi connectivity index (χ0v) is 34.8. The van der Waals surface area contributed by atoms with Crippen molar-refractivity contribution >= 4 is 59.3 Å². The average Bonchev–Trinajstić information content (AvgIpc) is 3.20. The van der Waals surface area contributed by atoms with E-state index in [1.54, 1.807) is 74.5 Å². The normalized spacial score (nSPS) is 14.2. The van der Waals surface area contributed by atoms with E-state index in [-0.39, 0.29) is 25.2 Å². The average molecular weight is 869 g/mol. The van der Waals surface area contributed by atoms with Crippen LogP contribution in [0, 0.1) is 5.92 Å². The van der Waals surface area contributed by atoms with Gasteiger partial charge in [0.25, 0.3) is 0 Å². The molecule has 2 rings (SSSR count). The van der Waals surface area contributed by atoms with E-state index in [2.05, 4.69) is 37.2 Å². The van der Waals surface area contributed by atoms with Crippen molar-refractivity contribution in [3.8, 4) is 0 Å². The monoisotopic (exact) mass is 868 g/mol. The number of carbonyl (C=O) groups excluding carboxylic acids is 7. The molecular weight excluding hydrogens is 812 g/mol. The fraction of sp³-hybridized carbons (Fsp3) is 0.463. The topological polar surface area (TPSA) is 342 Å². The molecule has 7 atom stereocenters. The zero-order valence-electron chi connectivity index (χ0n) is 34.8. The first kappa shape index (κ1) is 51.2. The number of rotatable bonds is 26. The molecule has 0 spiro atoms. The summed E-state index contributed by atoms with van der Waals surface area (Å²) in [5.41, 5.74) is 6.59. The second kappa shape index (κ2) is 25.7. The van der Waals surface area contributed by atoms with Crippen molar-refractivity contribution in [2.75, 3.05) is 6.54 Å². The largest absolute Gasteiger partial charge is 0.481 e. The lowest BCUT2D eigenvalue weighted by Crippen LogP contribution is -2.60. The number of carboxylic acids is 3. The molecule has 21 heteroatoms. The van der Waals surface area contributed by atoms with E-state index in [9.17, 15) is 58.2 Å². The van der Waals surface area contributed by atoms with Gasteiger partial charge in [0.2, 0.25) is 41.4 Å². The van der Waals surface area contributed by atoms with Crippen LogP contribution in [-0.2, 0) is 60.8 Å². The van der Waals surface area contributed by atoms with E-state index in [1.807, 2.05) is 0 Å². The highest BCUT2D eigenvalue weighted by Crippen LogP contribution is 2.11. The van der Waals surface area contributed by atoms with Gasteiger partial charge in [-0.15, -0.1) is 0 Å². The summed E-state index contributed by atoms with van der Waals surface area (Å²) < 4.78 is 0. The predicted octanol–water partition coefficient (Wildman–Crippen LogP) is -1.67. The maximum Gasteiger partial charge on any atom is 0.322 e. The fourth-order valence-corrected chi connectivity index (χ4v) is 5.82. The predicted molar refractivity (Wildman–Crippen MR) is 220 cm³/mol. The summed E-state index contributed by atoms with van der Waals surface area (Å²) in [6.45, 7) is 5.46.